The van der Waals surface area contributed by atoms with Gasteiger partial charge in [0.25, 0.3) is 0 Å². The summed E-state index contributed by atoms with van der Waals surface area (Å²) in [5.41, 5.74) is 0.574. The molecule has 0 saturated heterocycles. The first-order valence-corrected chi connectivity index (χ1v) is 5.80. The Morgan fingerprint density at radius 2 is 1.94 bits per heavy atom. The molecular formula is C13H19F2NO2. The van der Waals surface area contributed by atoms with Crippen LogP contribution in [0, 0.1) is 18.6 Å². The fourth-order valence-electron chi connectivity index (χ4n) is 1.60. The molecule has 1 rings (SSSR count). The number of methoxy groups -OCH3 is 1. The molecule has 0 fully saturated rings. The maximum absolute atomic E-state index is 13.8. The normalized spacial score (nSPS) is 12.7. The van der Waals surface area contributed by atoms with Crippen LogP contribution in [0.2, 0.25) is 0 Å². The topological polar surface area (TPSA) is 30.5 Å². The van der Waals surface area contributed by atoms with Gasteiger partial charge in [0.2, 0.25) is 0 Å². The molecule has 0 bridgehead atoms. The predicted octanol–water partition coefficient (Wildman–Crippen LogP) is 2.20. The Labute approximate surface area is 106 Å². The molecule has 1 aromatic rings. The van der Waals surface area contributed by atoms with Crippen LogP contribution in [-0.4, -0.2) is 34.0 Å². The lowest BCUT2D eigenvalue weighted by Crippen LogP contribution is -2.24. The molecular weight excluding hydrogens is 240 g/mol. The summed E-state index contributed by atoms with van der Waals surface area (Å²) in [5.74, 6) is -1.62. The quantitative estimate of drug-likeness (QED) is 0.761. The van der Waals surface area contributed by atoms with Crippen molar-refractivity contribution in [3.8, 4) is 0 Å². The molecule has 102 valence electrons. The van der Waals surface area contributed by atoms with Crippen LogP contribution < -0.4 is 5.32 Å². The Morgan fingerprint density at radius 1 is 1.22 bits per heavy atom. The monoisotopic (exact) mass is 259 g/mol. The maximum Gasteiger partial charge on any atom is 0.163 e. The van der Waals surface area contributed by atoms with Gasteiger partial charge in [-0.15, -0.1) is 0 Å². The predicted molar refractivity (Wildman–Crippen MR) is 65.6 cm³/mol. The van der Waals surface area contributed by atoms with Gasteiger partial charge in [0.05, 0.1) is 25.9 Å². The van der Waals surface area contributed by atoms with Crippen molar-refractivity contribution in [3.05, 3.63) is 34.9 Å². The van der Waals surface area contributed by atoms with E-state index in [1.165, 1.54) is 6.92 Å². The van der Waals surface area contributed by atoms with E-state index in [-0.39, 0.29) is 18.2 Å². The zero-order valence-corrected chi connectivity index (χ0v) is 10.9. The summed E-state index contributed by atoms with van der Waals surface area (Å²) in [6.07, 6.45) is 0. The number of nitrogens with one attached hydrogen (secondary N) is 1. The minimum Gasteiger partial charge on any atom is -0.382 e. The number of hydrogen-bond donors (Lipinski definition) is 1. The van der Waals surface area contributed by atoms with Crippen LogP contribution in [0.3, 0.4) is 0 Å². The van der Waals surface area contributed by atoms with Gasteiger partial charge in [-0.2, -0.15) is 0 Å². The average molecular weight is 259 g/mol. The molecule has 0 spiro atoms. The van der Waals surface area contributed by atoms with E-state index in [2.05, 4.69) is 5.32 Å². The van der Waals surface area contributed by atoms with Gasteiger partial charge >= 0.3 is 0 Å². The summed E-state index contributed by atoms with van der Waals surface area (Å²) in [7, 11) is 3.26. The van der Waals surface area contributed by atoms with Gasteiger partial charge in [0.1, 0.15) is 0 Å². The molecule has 3 nitrogen and oxygen atoms in total. The summed E-state index contributed by atoms with van der Waals surface area (Å²) in [5, 5.41) is 2.91. The standard InChI is InChI=1S/C13H19F2NO2/c1-9-4-5-10(13(15)12(9)14)11(16-2)8-18-7-6-17-3/h4-5,11,16H,6-8H2,1-3H3. The highest BCUT2D eigenvalue weighted by Crippen LogP contribution is 2.21. The summed E-state index contributed by atoms with van der Waals surface area (Å²) < 4.78 is 37.4. The maximum atomic E-state index is 13.8. The Hall–Kier alpha value is -1.04. The molecule has 0 radical (unpaired) electrons. The van der Waals surface area contributed by atoms with E-state index in [9.17, 15) is 8.78 Å². The second-order valence-corrected chi connectivity index (χ2v) is 4.01. The van der Waals surface area contributed by atoms with Crippen LogP contribution in [0.4, 0.5) is 8.78 Å². The lowest BCUT2D eigenvalue weighted by molar-refractivity contribution is 0.0590. The fraction of sp³-hybridized carbons (Fsp3) is 0.538. The number of hydrogen-bond acceptors (Lipinski definition) is 3. The lowest BCUT2D eigenvalue weighted by Gasteiger charge is -2.18. The Morgan fingerprint density at radius 3 is 2.56 bits per heavy atom. The first-order chi connectivity index (χ1) is 8.61. The SMILES string of the molecule is CNC(COCCOC)c1ccc(C)c(F)c1F. The number of likely N-dealkylation sites (N-methyl/N-ethyl adjacent to an activating group) is 1. The fourth-order valence-corrected chi connectivity index (χ4v) is 1.60. The van der Waals surface area contributed by atoms with E-state index in [1.54, 1.807) is 26.3 Å². The lowest BCUT2D eigenvalue weighted by atomic mass is 10.0. The highest BCUT2D eigenvalue weighted by molar-refractivity contribution is 5.27. The minimum absolute atomic E-state index is 0.263. The number of ether oxygens (including phenoxy) is 2. The highest BCUT2D eigenvalue weighted by Gasteiger charge is 2.18. The van der Waals surface area contributed by atoms with E-state index in [4.69, 9.17) is 9.47 Å². The Bertz CT molecular complexity index is 385. The molecule has 0 amide bonds. The molecule has 1 aromatic carbocycles. The van der Waals surface area contributed by atoms with Crippen LogP contribution in [0.5, 0.6) is 0 Å². The first kappa shape index (κ1) is 15.0. The largest absolute Gasteiger partial charge is 0.382 e. The van der Waals surface area contributed by atoms with Crippen molar-refractivity contribution in [1.82, 2.24) is 5.32 Å². The molecule has 5 heteroatoms. The van der Waals surface area contributed by atoms with E-state index in [1.807, 2.05) is 0 Å². The number of aryl methyl sites for hydroxylation is 1. The molecule has 0 aliphatic rings. The van der Waals surface area contributed by atoms with Gasteiger partial charge < -0.3 is 14.8 Å². The van der Waals surface area contributed by atoms with E-state index >= 15 is 0 Å². The molecule has 0 aliphatic carbocycles. The van der Waals surface area contributed by atoms with Crippen LogP contribution in [0.15, 0.2) is 12.1 Å². The van der Waals surface area contributed by atoms with Crippen LogP contribution in [0.25, 0.3) is 0 Å². The third-order valence-electron chi connectivity index (χ3n) is 2.75. The van der Waals surface area contributed by atoms with Gasteiger partial charge in [-0.3, -0.25) is 0 Å². The highest BCUT2D eigenvalue weighted by atomic mass is 19.2. The van der Waals surface area contributed by atoms with E-state index < -0.39 is 11.6 Å². The van der Waals surface area contributed by atoms with Gasteiger partial charge in [-0.05, 0) is 19.5 Å². The smallest absolute Gasteiger partial charge is 0.163 e. The number of rotatable bonds is 7. The number of halogens is 2. The third kappa shape index (κ3) is 3.73. The second kappa shape index (κ2) is 7.41. The zero-order chi connectivity index (χ0) is 13.5. The van der Waals surface area contributed by atoms with Gasteiger partial charge in [-0.25, -0.2) is 8.78 Å². The van der Waals surface area contributed by atoms with E-state index in [0.29, 0.717) is 18.8 Å². The van der Waals surface area contributed by atoms with Crippen molar-refractivity contribution < 1.29 is 18.3 Å². The van der Waals surface area contributed by atoms with Gasteiger partial charge in [-0.1, -0.05) is 12.1 Å². The summed E-state index contributed by atoms with van der Waals surface area (Å²) in [4.78, 5) is 0. The molecule has 1 N–H and O–H groups in total. The summed E-state index contributed by atoms with van der Waals surface area (Å²) >= 11 is 0. The molecule has 0 aromatic heterocycles. The van der Waals surface area contributed by atoms with Crippen molar-refractivity contribution in [2.24, 2.45) is 0 Å². The van der Waals surface area contributed by atoms with Gasteiger partial charge in [0.15, 0.2) is 11.6 Å². The number of benzene rings is 1. The average Bonchev–Trinajstić information content (AvgIpc) is 2.38. The molecule has 1 atom stereocenters. The van der Waals surface area contributed by atoms with Crippen LogP contribution in [0.1, 0.15) is 17.2 Å². The summed E-state index contributed by atoms with van der Waals surface area (Å²) in [6, 6.07) is 2.76. The second-order valence-electron chi connectivity index (χ2n) is 4.01. The zero-order valence-electron chi connectivity index (χ0n) is 10.9. The van der Waals surface area contributed by atoms with Crippen LogP contribution in [-0.2, 0) is 9.47 Å². The van der Waals surface area contributed by atoms with Crippen LogP contribution >= 0.6 is 0 Å². The molecule has 0 saturated carbocycles. The Balaban J connectivity index is 2.73. The molecule has 1 unspecified atom stereocenters. The van der Waals surface area contributed by atoms with Crippen molar-refractivity contribution in [1.29, 1.82) is 0 Å². The van der Waals surface area contributed by atoms with Gasteiger partial charge in [0, 0.05) is 12.7 Å². The Kier molecular flexibility index (Phi) is 6.18. The van der Waals surface area contributed by atoms with Crippen molar-refractivity contribution in [3.63, 3.8) is 0 Å². The van der Waals surface area contributed by atoms with Crippen molar-refractivity contribution >= 4 is 0 Å². The molecule has 18 heavy (non-hydrogen) atoms. The van der Waals surface area contributed by atoms with E-state index in [0.717, 1.165) is 0 Å². The molecule has 0 aliphatic heterocycles. The van der Waals surface area contributed by atoms with Crippen molar-refractivity contribution in [2.45, 2.75) is 13.0 Å². The first-order valence-electron chi connectivity index (χ1n) is 5.80. The molecule has 0 heterocycles. The minimum atomic E-state index is -0.815. The van der Waals surface area contributed by atoms with Crippen molar-refractivity contribution in [2.75, 3.05) is 34.0 Å². The summed E-state index contributed by atoms with van der Waals surface area (Å²) in [6.45, 7) is 2.69. The third-order valence-corrected chi connectivity index (χ3v) is 2.75.